The first-order chi connectivity index (χ1) is 18.6. The first-order valence-corrected chi connectivity index (χ1v) is 12.7. The van der Waals surface area contributed by atoms with Gasteiger partial charge in [0.1, 0.15) is 18.2 Å². The Kier molecular flexibility index (Phi) is 8.06. The van der Waals surface area contributed by atoms with Crippen molar-refractivity contribution in [2.45, 2.75) is 0 Å². The molecule has 5 rings (SSSR count). The number of fused-ring (bicyclic) bond motifs is 1. The van der Waals surface area contributed by atoms with E-state index < -0.39 is 5.91 Å². The molecule has 202 valence electrons. The van der Waals surface area contributed by atoms with Crippen molar-refractivity contribution in [1.82, 2.24) is 14.9 Å². The molecule has 0 unspecified atom stereocenters. The second-order valence-corrected chi connectivity index (χ2v) is 9.11. The number of hydrogen-bond acceptors (Lipinski definition) is 10. The standard InChI is InChI=1S/C27H33N5O6/c1-34-20-14-18(25(28)33)13-19(15-20)26-29-22-17-24(38-12-5-31-3-8-36-9-4-31)23(35-2)16-21(22)27(30-26)32-6-10-37-11-7-32/h13-17H,3-12H2,1-2H3,(H2,28,33). The molecule has 0 radical (unpaired) electrons. The minimum Gasteiger partial charge on any atom is -0.497 e. The summed E-state index contributed by atoms with van der Waals surface area (Å²) in [7, 11) is 3.17. The minimum absolute atomic E-state index is 0.317. The van der Waals surface area contributed by atoms with E-state index in [1.54, 1.807) is 25.3 Å². The van der Waals surface area contributed by atoms with Crippen molar-refractivity contribution < 1.29 is 28.5 Å². The average Bonchev–Trinajstić information content (AvgIpc) is 2.96. The number of nitrogens with zero attached hydrogens (tertiary/aromatic N) is 4. The summed E-state index contributed by atoms with van der Waals surface area (Å²) in [4.78, 5) is 26.3. The summed E-state index contributed by atoms with van der Waals surface area (Å²) in [5.74, 6) is 2.37. The topological polar surface area (TPSA) is 122 Å². The second kappa shape index (κ2) is 11.8. The van der Waals surface area contributed by atoms with E-state index in [1.807, 2.05) is 12.1 Å². The third-order valence-electron chi connectivity index (χ3n) is 6.73. The lowest BCUT2D eigenvalue weighted by Crippen LogP contribution is -2.38. The Labute approximate surface area is 221 Å². The number of aromatic nitrogens is 2. The molecule has 2 N–H and O–H groups in total. The zero-order valence-corrected chi connectivity index (χ0v) is 21.8. The Morgan fingerprint density at radius 3 is 2.34 bits per heavy atom. The third-order valence-corrected chi connectivity index (χ3v) is 6.73. The zero-order chi connectivity index (χ0) is 26.5. The average molecular weight is 524 g/mol. The number of primary amides is 1. The number of rotatable bonds is 9. The predicted octanol–water partition coefficient (Wildman–Crippen LogP) is 1.96. The molecule has 2 aliphatic heterocycles. The van der Waals surface area contributed by atoms with E-state index in [4.69, 9.17) is 39.4 Å². The van der Waals surface area contributed by atoms with Crippen LogP contribution in [0.1, 0.15) is 10.4 Å². The van der Waals surface area contributed by atoms with Gasteiger partial charge in [-0.2, -0.15) is 0 Å². The Hall–Kier alpha value is -3.67. The molecule has 3 heterocycles. The Balaban J connectivity index is 1.56. The fourth-order valence-electron chi connectivity index (χ4n) is 4.64. The number of amides is 1. The Morgan fingerprint density at radius 2 is 1.66 bits per heavy atom. The molecule has 2 aromatic carbocycles. The van der Waals surface area contributed by atoms with Gasteiger partial charge in [0.2, 0.25) is 5.91 Å². The maximum atomic E-state index is 12.0. The van der Waals surface area contributed by atoms with Crippen molar-refractivity contribution in [3.63, 3.8) is 0 Å². The highest BCUT2D eigenvalue weighted by Gasteiger charge is 2.21. The SMILES string of the molecule is COc1cc(C(N)=O)cc(-c2nc(N3CCOCC3)c3cc(OC)c(OCCN4CCOCC4)cc3n2)c1. The highest BCUT2D eigenvalue weighted by Crippen LogP contribution is 2.37. The summed E-state index contributed by atoms with van der Waals surface area (Å²) in [6.07, 6.45) is 0. The Morgan fingerprint density at radius 1 is 0.921 bits per heavy atom. The maximum absolute atomic E-state index is 12.0. The van der Waals surface area contributed by atoms with Crippen LogP contribution in [0.5, 0.6) is 17.2 Å². The molecule has 2 saturated heterocycles. The van der Waals surface area contributed by atoms with Gasteiger partial charge in [0, 0.05) is 55.3 Å². The molecule has 3 aromatic rings. The van der Waals surface area contributed by atoms with E-state index in [-0.39, 0.29) is 0 Å². The number of nitrogens with two attached hydrogens (primary N) is 1. The predicted molar refractivity (Wildman–Crippen MR) is 142 cm³/mol. The van der Waals surface area contributed by atoms with Crippen molar-refractivity contribution in [2.75, 3.05) is 84.9 Å². The number of anilines is 1. The van der Waals surface area contributed by atoms with Crippen LogP contribution in [0.25, 0.3) is 22.3 Å². The summed E-state index contributed by atoms with van der Waals surface area (Å²) < 4.78 is 28.3. The number of carbonyl (C=O) groups is 1. The smallest absolute Gasteiger partial charge is 0.248 e. The van der Waals surface area contributed by atoms with Gasteiger partial charge in [0.25, 0.3) is 0 Å². The first-order valence-electron chi connectivity index (χ1n) is 12.7. The zero-order valence-electron chi connectivity index (χ0n) is 21.8. The summed E-state index contributed by atoms with van der Waals surface area (Å²) >= 11 is 0. The molecule has 1 amide bonds. The molecule has 1 aromatic heterocycles. The van der Waals surface area contributed by atoms with Crippen molar-refractivity contribution in [3.05, 3.63) is 35.9 Å². The molecule has 38 heavy (non-hydrogen) atoms. The first kappa shape index (κ1) is 26.0. The van der Waals surface area contributed by atoms with Gasteiger partial charge < -0.3 is 34.3 Å². The van der Waals surface area contributed by atoms with Crippen LogP contribution in [-0.2, 0) is 9.47 Å². The van der Waals surface area contributed by atoms with Crippen molar-refractivity contribution in [2.24, 2.45) is 5.73 Å². The fourth-order valence-corrected chi connectivity index (χ4v) is 4.64. The van der Waals surface area contributed by atoms with Crippen molar-refractivity contribution >= 4 is 22.6 Å². The number of carbonyl (C=O) groups excluding carboxylic acids is 1. The van der Waals surface area contributed by atoms with Crippen LogP contribution < -0.4 is 24.8 Å². The number of hydrogen-bond donors (Lipinski definition) is 1. The molecule has 2 aliphatic rings. The number of benzene rings is 2. The number of ether oxygens (including phenoxy) is 5. The van der Waals surface area contributed by atoms with E-state index in [1.165, 1.54) is 7.11 Å². The van der Waals surface area contributed by atoms with E-state index in [9.17, 15) is 4.79 Å². The lowest BCUT2D eigenvalue weighted by molar-refractivity contribution is 0.0321. The van der Waals surface area contributed by atoms with Crippen LogP contribution in [0.15, 0.2) is 30.3 Å². The molecule has 11 nitrogen and oxygen atoms in total. The van der Waals surface area contributed by atoms with Crippen LogP contribution in [0, 0.1) is 0 Å². The molecule has 0 spiro atoms. The molecule has 2 fully saturated rings. The van der Waals surface area contributed by atoms with Gasteiger partial charge in [-0.1, -0.05) is 0 Å². The van der Waals surface area contributed by atoms with Crippen LogP contribution in [0.4, 0.5) is 5.82 Å². The van der Waals surface area contributed by atoms with Gasteiger partial charge in [-0.15, -0.1) is 0 Å². The number of methoxy groups -OCH3 is 2. The Bertz CT molecular complexity index is 1290. The largest absolute Gasteiger partial charge is 0.497 e. The molecule has 0 saturated carbocycles. The highest BCUT2D eigenvalue weighted by atomic mass is 16.5. The van der Waals surface area contributed by atoms with Gasteiger partial charge >= 0.3 is 0 Å². The van der Waals surface area contributed by atoms with Crippen molar-refractivity contribution in [3.8, 4) is 28.6 Å². The monoisotopic (exact) mass is 523 g/mol. The lowest BCUT2D eigenvalue weighted by Gasteiger charge is -2.29. The van der Waals surface area contributed by atoms with Crippen molar-refractivity contribution in [1.29, 1.82) is 0 Å². The van der Waals surface area contributed by atoms with Gasteiger partial charge in [0.15, 0.2) is 17.3 Å². The van der Waals surface area contributed by atoms with Crippen LogP contribution in [-0.4, -0.2) is 101 Å². The van der Waals surface area contributed by atoms with Crippen LogP contribution >= 0.6 is 0 Å². The maximum Gasteiger partial charge on any atom is 0.248 e. The molecular weight excluding hydrogens is 490 g/mol. The second-order valence-electron chi connectivity index (χ2n) is 9.11. The van der Waals surface area contributed by atoms with Gasteiger partial charge in [-0.05, 0) is 24.3 Å². The van der Waals surface area contributed by atoms with Gasteiger partial charge in [-0.3, -0.25) is 9.69 Å². The fraction of sp³-hybridized carbons (Fsp3) is 0.444. The van der Waals surface area contributed by atoms with E-state index in [2.05, 4.69) is 9.80 Å². The highest BCUT2D eigenvalue weighted by molar-refractivity contribution is 5.96. The molecule has 0 bridgehead atoms. The third kappa shape index (κ3) is 5.74. The molecular formula is C27H33N5O6. The quantitative estimate of drug-likeness (QED) is 0.445. The van der Waals surface area contributed by atoms with E-state index in [0.717, 1.165) is 44.1 Å². The van der Waals surface area contributed by atoms with Gasteiger partial charge in [0.05, 0.1) is 46.2 Å². The molecule has 0 aliphatic carbocycles. The summed E-state index contributed by atoms with van der Waals surface area (Å²) in [5.41, 5.74) is 7.21. The summed E-state index contributed by atoms with van der Waals surface area (Å²) in [6.45, 7) is 7.16. The molecule has 11 heteroatoms. The lowest BCUT2D eigenvalue weighted by atomic mass is 10.1. The molecule has 0 atom stereocenters. The summed E-state index contributed by atoms with van der Waals surface area (Å²) in [6, 6.07) is 8.88. The van der Waals surface area contributed by atoms with E-state index in [0.29, 0.717) is 72.6 Å². The van der Waals surface area contributed by atoms with Crippen LogP contribution in [0.2, 0.25) is 0 Å². The number of morpholine rings is 2. The minimum atomic E-state index is -0.556. The van der Waals surface area contributed by atoms with Gasteiger partial charge in [-0.25, -0.2) is 9.97 Å². The summed E-state index contributed by atoms with van der Waals surface area (Å²) in [5, 5.41) is 0.839. The normalized spacial score (nSPS) is 16.4. The van der Waals surface area contributed by atoms with Crippen LogP contribution in [0.3, 0.4) is 0 Å². The van der Waals surface area contributed by atoms with E-state index >= 15 is 0 Å².